The standard InChI is InChI=1S/C18H20N2O3S/c1-19-17(21)14-9-6-10-15(11-14)18(22)20-16(12-24(2)23)13-7-4-3-5-8-13/h3-11,16H,12H2,1-2H3,(H,19,21)(H,20,22). The summed E-state index contributed by atoms with van der Waals surface area (Å²) in [7, 11) is 0.478. The van der Waals surface area contributed by atoms with Gasteiger partial charge in [-0.1, -0.05) is 36.4 Å². The molecule has 0 spiro atoms. The molecule has 2 aromatic carbocycles. The summed E-state index contributed by atoms with van der Waals surface area (Å²) in [6.07, 6.45) is 1.61. The third-order valence-corrected chi connectivity index (χ3v) is 4.33. The van der Waals surface area contributed by atoms with E-state index in [4.69, 9.17) is 0 Å². The van der Waals surface area contributed by atoms with Gasteiger partial charge in [-0.15, -0.1) is 0 Å². The second-order valence-corrected chi connectivity index (χ2v) is 6.82. The molecule has 0 aliphatic rings. The van der Waals surface area contributed by atoms with Crippen LogP contribution in [0.1, 0.15) is 32.3 Å². The predicted molar refractivity (Wildman–Crippen MR) is 95.4 cm³/mol. The number of benzene rings is 2. The summed E-state index contributed by atoms with van der Waals surface area (Å²) in [6, 6.07) is 15.5. The van der Waals surface area contributed by atoms with E-state index in [1.807, 2.05) is 30.3 Å². The van der Waals surface area contributed by atoms with Crippen LogP contribution in [0.4, 0.5) is 0 Å². The Morgan fingerprint density at radius 3 is 2.21 bits per heavy atom. The highest BCUT2D eigenvalue weighted by Crippen LogP contribution is 2.15. The molecule has 2 aromatic rings. The van der Waals surface area contributed by atoms with Crippen molar-refractivity contribution in [2.24, 2.45) is 0 Å². The summed E-state index contributed by atoms with van der Waals surface area (Å²) in [6.45, 7) is 0. The highest BCUT2D eigenvalue weighted by molar-refractivity contribution is 7.84. The minimum Gasteiger partial charge on any atom is -0.355 e. The largest absolute Gasteiger partial charge is 0.355 e. The number of carbonyl (C=O) groups excluding carboxylic acids is 2. The van der Waals surface area contributed by atoms with Gasteiger partial charge >= 0.3 is 0 Å². The van der Waals surface area contributed by atoms with Gasteiger partial charge in [-0.3, -0.25) is 13.8 Å². The molecular weight excluding hydrogens is 324 g/mol. The number of carbonyl (C=O) groups is 2. The third-order valence-electron chi connectivity index (χ3n) is 3.52. The van der Waals surface area contributed by atoms with Crippen LogP contribution in [0.5, 0.6) is 0 Å². The summed E-state index contributed by atoms with van der Waals surface area (Å²) < 4.78 is 11.6. The van der Waals surface area contributed by atoms with E-state index in [-0.39, 0.29) is 17.9 Å². The van der Waals surface area contributed by atoms with Crippen LogP contribution in [0.2, 0.25) is 0 Å². The SMILES string of the molecule is CNC(=O)c1cccc(C(=O)NC(CS(C)=O)c2ccccc2)c1. The molecule has 2 amide bonds. The molecule has 0 aromatic heterocycles. The first kappa shape index (κ1) is 17.9. The third kappa shape index (κ3) is 4.76. The van der Waals surface area contributed by atoms with Gasteiger partial charge in [0.25, 0.3) is 11.8 Å². The first-order valence-electron chi connectivity index (χ1n) is 7.49. The smallest absolute Gasteiger partial charge is 0.251 e. The average molecular weight is 344 g/mol. The molecule has 126 valence electrons. The molecule has 5 nitrogen and oxygen atoms in total. The van der Waals surface area contributed by atoms with Crippen molar-refractivity contribution in [3.8, 4) is 0 Å². The lowest BCUT2D eigenvalue weighted by molar-refractivity contribution is 0.0940. The lowest BCUT2D eigenvalue weighted by atomic mass is 10.1. The quantitative estimate of drug-likeness (QED) is 0.840. The Kier molecular flexibility index (Phi) is 6.26. The highest BCUT2D eigenvalue weighted by Gasteiger charge is 2.18. The van der Waals surface area contributed by atoms with E-state index < -0.39 is 10.8 Å². The summed E-state index contributed by atoms with van der Waals surface area (Å²) in [5.41, 5.74) is 1.70. The van der Waals surface area contributed by atoms with Crippen molar-refractivity contribution in [2.45, 2.75) is 6.04 Å². The van der Waals surface area contributed by atoms with Crippen LogP contribution in [-0.4, -0.2) is 35.1 Å². The van der Waals surface area contributed by atoms with Crippen molar-refractivity contribution in [1.29, 1.82) is 0 Å². The Hall–Kier alpha value is -2.47. The number of hydrogen-bond acceptors (Lipinski definition) is 3. The molecule has 0 saturated carbocycles. The summed E-state index contributed by atoms with van der Waals surface area (Å²) in [5.74, 6) is -0.232. The normalized spacial score (nSPS) is 12.9. The minimum atomic E-state index is -1.06. The average Bonchev–Trinajstić information content (AvgIpc) is 2.61. The van der Waals surface area contributed by atoms with E-state index in [2.05, 4.69) is 10.6 Å². The van der Waals surface area contributed by atoms with E-state index in [1.165, 1.54) is 7.05 Å². The predicted octanol–water partition coefficient (Wildman–Crippen LogP) is 1.90. The molecule has 24 heavy (non-hydrogen) atoms. The van der Waals surface area contributed by atoms with Crippen molar-refractivity contribution >= 4 is 22.6 Å². The zero-order valence-corrected chi connectivity index (χ0v) is 14.4. The van der Waals surface area contributed by atoms with Gasteiger partial charge in [0.15, 0.2) is 0 Å². The molecule has 2 unspecified atom stereocenters. The van der Waals surface area contributed by atoms with Gasteiger partial charge in [-0.05, 0) is 23.8 Å². The van der Waals surface area contributed by atoms with Gasteiger partial charge in [0.2, 0.25) is 0 Å². The van der Waals surface area contributed by atoms with Crippen molar-refractivity contribution < 1.29 is 13.8 Å². The molecule has 0 radical (unpaired) electrons. The number of hydrogen-bond donors (Lipinski definition) is 2. The van der Waals surface area contributed by atoms with E-state index in [0.29, 0.717) is 16.9 Å². The van der Waals surface area contributed by atoms with E-state index in [9.17, 15) is 13.8 Å². The van der Waals surface area contributed by atoms with Crippen molar-refractivity contribution in [3.05, 3.63) is 71.3 Å². The highest BCUT2D eigenvalue weighted by atomic mass is 32.2. The first-order chi connectivity index (χ1) is 11.5. The maximum Gasteiger partial charge on any atom is 0.251 e. The molecule has 2 rings (SSSR count). The van der Waals surface area contributed by atoms with Crippen LogP contribution in [-0.2, 0) is 10.8 Å². The zero-order chi connectivity index (χ0) is 17.5. The monoisotopic (exact) mass is 344 g/mol. The van der Waals surface area contributed by atoms with Crippen molar-refractivity contribution in [1.82, 2.24) is 10.6 Å². The van der Waals surface area contributed by atoms with Gasteiger partial charge in [-0.25, -0.2) is 0 Å². The topological polar surface area (TPSA) is 75.3 Å². The van der Waals surface area contributed by atoms with Gasteiger partial charge in [0.1, 0.15) is 0 Å². The summed E-state index contributed by atoms with van der Waals surface area (Å²) in [5, 5.41) is 5.43. The Morgan fingerprint density at radius 1 is 1.00 bits per heavy atom. The van der Waals surface area contributed by atoms with Crippen LogP contribution in [0.15, 0.2) is 54.6 Å². The second kappa shape index (κ2) is 8.40. The zero-order valence-electron chi connectivity index (χ0n) is 13.6. The molecule has 0 bridgehead atoms. The Labute approximate surface area is 143 Å². The van der Waals surface area contributed by atoms with Gasteiger partial charge in [0, 0.05) is 41.0 Å². The van der Waals surface area contributed by atoms with Gasteiger partial charge in [-0.2, -0.15) is 0 Å². The molecular formula is C18H20N2O3S. The minimum absolute atomic E-state index is 0.251. The molecule has 2 atom stereocenters. The summed E-state index contributed by atoms with van der Waals surface area (Å²) >= 11 is 0. The Morgan fingerprint density at radius 2 is 1.62 bits per heavy atom. The van der Waals surface area contributed by atoms with E-state index in [1.54, 1.807) is 30.5 Å². The Balaban J connectivity index is 2.21. The number of nitrogens with one attached hydrogen (secondary N) is 2. The number of amides is 2. The van der Waals surface area contributed by atoms with Crippen LogP contribution in [0, 0.1) is 0 Å². The number of rotatable bonds is 6. The van der Waals surface area contributed by atoms with Crippen LogP contribution in [0.3, 0.4) is 0 Å². The lowest BCUT2D eigenvalue weighted by Crippen LogP contribution is -2.32. The fourth-order valence-corrected chi connectivity index (χ4v) is 3.07. The van der Waals surface area contributed by atoms with Gasteiger partial charge in [0.05, 0.1) is 6.04 Å². The summed E-state index contributed by atoms with van der Waals surface area (Å²) in [4.78, 5) is 24.2. The molecule has 0 aliphatic carbocycles. The van der Waals surface area contributed by atoms with E-state index in [0.717, 1.165) is 5.56 Å². The van der Waals surface area contributed by atoms with Crippen LogP contribution < -0.4 is 10.6 Å². The fourth-order valence-electron chi connectivity index (χ4n) is 2.33. The molecule has 6 heteroatoms. The Bertz CT molecular complexity index is 747. The molecule has 2 N–H and O–H groups in total. The van der Waals surface area contributed by atoms with Crippen LogP contribution in [0.25, 0.3) is 0 Å². The van der Waals surface area contributed by atoms with Crippen LogP contribution >= 0.6 is 0 Å². The maximum atomic E-state index is 12.5. The first-order valence-corrected chi connectivity index (χ1v) is 9.22. The lowest BCUT2D eigenvalue weighted by Gasteiger charge is -2.18. The molecule has 0 saturated heterocycles. The van der Waals surface area contributed by atoms with Gasteiger partial charge < -0.3 is 10.6 Å². The fraction of sp³-hybridized carbons (Fsp3) is 0.222. The molecule has 0 heterocycles. The molecule has 0 fully saturated rings. The second-order valence-electron chi connectivity index (χ2n) is 5.34. The molecule has 0 aliphatic heterocycles. The maximum absolute atomic E-state index is 12.5. The van der Waals surface area contributed by atoms with Crippen molar-refractivity contribution in [2.75, 3.05) is 19.1 Å². The van der Waals surface area contributed by atoms with Crippen molar-refractivity contribution in [3.63, 3.8) is 0 Å². The van der Waals surface area contributed by atoms with E-state index >= 15 is 0 Å².